The van der Waals surface area contributed by atoms with Crippen LogP contribution < -0.4 is 16.1 Å². The Hall–Kier alpha value is -4.54. The van der Waals surface area contributed by atoms with Gasteiger partial charge in [-0.1, -0.05) is 24.3 Å². The molecule has 0 radical (unpaired) electrons. The third-order valence-electron chi connectivity index (χ3n) is 6.15. The molecule has 0 saturated carbocycles. The second kappa shape index (κ2) is 12.3. The summed E-state index contributed by atoms with van der Waals surface area (Å²) in [6, 6.07) is 20.9. The first-order chi connectivity index (χ1) is 19.0. The molecule has 39 heavy (non-hydrogen) atoms. The Morgan fingerprint density at radius 1 is 1.05 bits per heavy atom. The van der Waals surface area contributed by atoms with E-state index in [4.69, 9.17) is 4.74 Å². The molecular weight excluding hydrogens is 492 g/mol. The third-order valence-corrected chi connectivity index (χ3v) is 6.15. The van der Waals surface area contributed by atoms with Crippen LogP contribution in [0.15, 0.2) is 78.0 Å². The first kappa shape index (κ1) is 26.1. The van der Waals surface area contributed by atoms with E-state index in [1.165, 1.54) is 0 Å². The number of rotatable bonds is 10. The number of benzene rings is 2. The van der Waals surface area contributed by atoms with E-state index in [1.54, 1.807) is 24.5 Å². The Morgan fingerprint density at radius 2 is 1.90 bits per heavy atom. The Kier molecular flexibility index (Phi) is 8.25. The van der Waals surface area contributed by atoms with E-state index in [9.17, 15) is 5.11 Å². The molecule has 1 fully saturated rings. The Bertz CT molecular complexity index is 1410. The highest BCUT2D eigenvalue weighted by Gasteiger charge is 2.18. The zero-order valence-electron chi connectivity index (χ0n) is 22.0. The number of aromatic hydroxyl groups is 1. The van der Waals surface area contributed by atoms with Gasteiger partial charge in [0, 0.05) is 37.1 Å². The lowest BCUT2D eigenvalue weighted by Gasteiger charge is -2.14. The number of pyridine rings is 1. The summed E-state index contributed by atoms with van der Waals surface area (Å²) in [6.45, 7) is 7.28. The zero-order valence-corrected chi connectivity index (χ0v) is 22.0. The maximum atomic E-state index is 9.70. The first-order valence-corrected chi connectivity index (χ1v) is 12.9. The number of anilines is 4. The fourth-order valence-electron chi connectivity index (χ4n) is 4.22. The molecule has 0 spiro atoms. The third kappa shape index (κ3) is 7.50. The normalized spacial score (nSPS) is 15.5. The summed E-state index contributed by atoms with van der Waals surface area (Å²) < 4.78 is 5.57. The van der Waals surface area contributed by atoms with Crippen molar-refractivity contribution in [1.29, 1.82) is 0 Å². The summed E-state index contributed by atoms with van der Waals surface area (Å²) in [7, 11) is 0. The first-order valence-electron chi connectivity index (χ1n) is 12.9. The summed E-state index contributed by atoms with van der Waals surface area (Å²) in [5.74, 6) is 1.42. The molecule has 0 bridgehead atoms. The second-order valence-corrected chi connectivity index (χ2v) is 9.42. The van der Waals surface area contributed by atoms with Crippen LogP contribution in [0.25, 0.3) is 11.1 Å². The summed E-state index contributed by atoms with van der Waals surface area (Å²) in [6.07, 6.45) is 3.67. The van der Waals surface area contributed by atoms with Gasteiger partial charge in [-0.2, -0.15) is 10.1 Å². The van der Waals surface area contributed by atoms with Gasteiger partial charge in [0.2, 0.25) is 5.95 Å². The summed E-state index contributed by atoms with van der Waals surface area (Å²) in [4.78, 5) is 15.6. The maximum Gasteiger partial charge on any atom is 0.245 e. The molecule has 200 valence electrons. The molecule has 2 aromatic heterocycles. The standard InChI is InChI=1S/C29H32N8O2/c1-20-14-28(30-12-13-37-18-21(2)39-19-37)35-29(33-20)36-32-17-25-10-11-26(16-31-25)34-24-8-6-22(7-9-24)23-4-3-5-27(38)15-23/h3-11,14-17,21,34,38H,12-13,18-19H2,1-2H3,(H2,30,33,35,36)/b32-17+. The van der Waals surface area contributed by atoms with Gasteiger partial charge in [-0.25, -0.2) is 10.4 Å². The minimum Gasteiger partial charge on any atom is -0.508 e. The van der Waals surface area contributed by atoms with E-state index in [0.717, 1.165) is 53.6 Å². The number of nitrogens with zero attached hydrogens (tertiary/aromatic N) is 5. The van der Waals surface area contributed by atoms with Gasteiger partial charge in [-0.3, -0.25) is 9.88 Å². The molecule has 1 saturated heterocycles. The fourth-order valence-corrected chi connectivity index (χ4v) is 4.22. The predicted octanol–water partition coefficient (Wildman–Crippen LogP) is 4.83. The van der Waals surface area contributed by atoms with E-state index < -0.39 is 0 Å². The van der Waals surface area contributed by atoms with Gasteiger partial charge in [0.15, 0.2) is 0 Å². The van der Waals surface area contributed by atoms with Crippen LogP contribution in [0.2, 0.25) is 0 Å². The van der Waals surface area contributed by atoms with Crippen LogP contribution in [0.4, 0.5) is 23.1 Å². The van der Waals surface area contributed by atoms with Crippen LogP contribution in [-0.4, -0.2) is 63.6 Å². The average molecular weight is 525 g/mol. The number of phenols is 1. The second-order valence-electron chi connectivity index (χ2n) is 9.42. The highest BCUT2D eigenvalue weighted by molar-refractivity contribution is 5.78. The molecule has 2 aromatic carbocycles. The highest BCUT2D eigenvalue weighted by atomic mass is 16.5. The Morgan fingerprint density at radius 3 is 2.64 bits per heavy atom. The van der Waals surface area contributed by atoms with Crippen molar-refractivity contribution in [2.45, 2.75) is 20.0 Å². The molecule has 1 unspecified atom stereocenters. The number of nitrogens with one attached hydrogen (secondary N) is 3. The number of hydrogen-bond acceptors (Lipinski definition) is 10. The van der Waals surface area contributed by atoms with Gasteiger partial charge in [-0.05, 0) is 61.4 Å². The van der Waals surface area contributed by atoms with E-state index in [-0.39, 0.29) is 11.9 Å². The van der Waals surface area contributed by atoms with Crippen LogP contribution in [-0.2, 0) is 4.74 Å². The minimum absolute atomic E-state index is 0.252. The minimum atomic E-state index is 0.252. The predicted molar refractivity (Wildman–Crippen MR) is 155 cm³/mol. The molecule has 1 aliphatic rings. The lowest BCUT2D eigenvalue weighted by molar-refractivity contribution is 0.100. The highest BCUT2D eigenvalue weighted by Crippen LogP contribution is 2.25. The molecule has 4 aromatic rings. The van der Waals surface area contributed by atoms with Gasteiger partial charge < -0.3 is 20.5 Å². The lowest BCUT2D eigenvalue weighted by Crippen LogP contribution is -2.27. The molecule has 5 rings (SSSR count). The van der Waals surface area contributed by atoms with E-state index in [0.29, 0.717) is 18.4 Å². The number of hydrazone groups is 1. The van der Waals surface area contributed by atoms with Crippen molar-refractivity contribution in [1.82, 2.24) is 19.9 Å². The van der Waals surface area contributed by atoms with Gasteiger partial charge in [0.25, 0.3) is 0 Å². The zero-order chi connectivity index (χ0) is 27.0. The molecule has 10 heteroatoms. The number of ether oxygens (including phenoxy) is 1. The van der Waals surface area contributed by atoms with Gasteiger partial charge in [0.05, 0.1) is 36.6 Å². The topological polar surface area (TPSA) is 120 Å². The summed E-state index contributed by atoms with van der Waals surface area (Å²) in [5.41, 5.74) is 8.22. The smallest absolute Gasteiger partial charge is 0.245 e. The van der Waals surface area contributed by atoms with Crippen LogP contribution in [0, 0.1) is 6.92 Å². The van der Waals surface area contributed by atoms with Crippen molar-refractivity contribution in [3.05, 3.63) is 84.3 Å². The SMILES string of the molecule is Cc1cc(NCCN2COC(C)C2)nc(N/N=C/c2ccc(Nc3ccc(-c4cccc(O)c4)cc3)cn2)n1. The molecule has 3 heterocycles. The summed E-state index contributed by atoms with van der Waals surface area (Å²) >= 11 is 0. The quantitative estimate of drug-likeness (QED) is 0.171. The number of aryl methyl sites for hydroxylation is 1. The van der Waals surface area contributed by atoms with Crippen LogP contribution in [0.1, 0.15) is 18.3 Å². The molecular formula is C29H32N8O2. The van der Waals surface area contributed by atoms with Crippen molar-refractivity contribution < 1.29 is 9.84 Å². The Labute approximate surface area is 227 Å². The van der Waals surface area contributed by atoms with Crippen molar-refractivity contribution in [2.24, 2.45) is 5.10 Å². The fraction of sp³-hybridized carbons (Fsp3) is 0.241. The van der Waals surface area contributed by atoms with Crippen molar-refractivity contribution >= 4 is 29.4 Å². The molecule has 1 atom stereocenters. The number of phenolic OH excluding ortho intramolecular Hbond substituents is 1. The lowest BCUT2D eigenvalue weighted by atomic mass is 10.1. The van der Waals surface area contributed by atoms with Crippen LogP contribution in [0.3, 0.4) is 0 Å². The van der Waals surface area contributed by atoms with Gasteiger partial charge in [0.1, 0.15) is 11.6 Å². The molecule has 0 amide bonds. The molecule has 0 aliphatic carbocycles. The van der Waals surface area contributed by atoms with Gasteiger partial charge >= 0.3 is 0 Å². The maximum absolute atomic E-state index is 9.70. The van der Waals surface area contributed by atoms with E-state index in [2.05, 4.69) is 47.9 Å². The van der Waals surface area contributed by atoms with E-state index in [1.807, 2.05) is 61.5 Å². The number of hydrogen-bond donors (Lipinski definition) is 4. The number of aromatic nitrogens is 3. The summed E-state index contributed by atoms with van der Waals surface area (Å²) in [5, 5.41) is 20.6. The van der Waals surface area contributed by atoms with Crippen LogP contribution in [0.5, 0.6) is 5.75 Å². The largest absolute Gasteiger partial charge is 0.508 e. The van der Waals surface area contributed by atoms with Crippen molar-refractivity contribution in [3.63, 3.8) is 0 Å². The van der Waals surface area contributed by atoms with Crippen molar-refractivity contribution in [3.8, 4) is 16.9 Å². The van der Waals surface area contributed by atoms with Gasteiger partial charge in [-0.15, -0.1) is 0 Å². The molecule has 10 nitrogen and oxygen atoms in total. The van der Waals surface area contributed by atoms with Crippen LogP contribution >= 0.6 is 0 Å². The molecule has 4 N–H and O–H groups in total. The monoisotopic (exact) mass is 524 g/mol. The Balaban J connectivity index is 1.12. The average Bonchev–Trinajstić information content (AvgIpc) is 3.34. The molecule has 1 aliphatic heterocycles. The van der Waals surface area contributed by atoms with E-state index >= 15 is 0 Å². The van der Waals surface area contributed by atoms with Crippen molar-refractivity contribution in [2.75, 3.05) is 42.4 Å².